The molecule has 0 aliphatic carbocycles. The van der Waals surface area contributed by atoms with Gasteiger partial charge in [-0.2, -0.15) is 0 Å². The van der Waals surface area contributed by atoms with E-state index in [0.29, 0.717) is 17.3 Å². The molecule has 0 aliphatic heterocycles. The van der Waals surface area contributed by atoms with Crippen LogP contribution in [-0.2, 0) is 6.42 Å². The van der Waals surface area contributed by atoms with Crippen LogP contribution in [0.15, 0.2) is 12.1 Å². The van der Waals surface area contributed by atoms with Crippen LogP contribution in [0.2, 0.25) is 5.15 Å². The van der Waals surface area contributed by atoms with Crippen molar-refractivity contribution >= 4 is 17.6 Å². The Labute approximate surface area is 94.1 Å². The van der Waals surface area contributed by atoms with E-state index >= 15 is 0 Å². The molecule has 0 atom stereocenters. The van der Waals surface area contributed by atoms with Gasteiger partial charge in [-0.15, -0.1) is 0 Å². The Morgan fingerprint density at radius 3 is 2.53 bits per heavy atom. The first-order valence-corrected chi connectivity index (χ1v) is 5.06. The van der Waals surface area contributed by atoms with Gasteiger partial charge in [0, 0.05) is 0 Å². The first-order chi connectivity index (χ1) is 6.79. The van der Waals surface area contributed by atoms with E-state index in [1.165, 1.54) is 12.1 Å². The van der Waals surface area contributed by atoms with Gasteiger partial charge in [0.1, 0.15) is 5.15 Å². The molecule has 0 amide bonds. The lowest BCUT2D eigenvalue weighted by molar-refractivity contribution is 0.0694. The molecule has 0 radical (unpaired) electrons. The van der Waals surface area contributed by atoms with Gasteiger partial charge in [-0.25, -0.2) is 9.78 Å². The fourth-order valence-corrected chi connectivity index (χ4v) is 1.47. The van der Waals surface area contributed by atoms with Crippen molar-refractivity contribution in [2.24, 2.45) is 5.41 Å². The molecule has 1 rings (SSSR count). The molecule has 0 fully saturated rings. The molecule has 1 heterocycles. The highest BCUT2D eigenvalue weighted by molar-refractivity contribution is 6.29. The Morgan fingerprint density at radius 1 is 1.47 bits per heavy atom. The first-order valence-electron chi connectivity index (χ1n) is 4.68. The zero-order valence-corrected chi connectivity index (χ0v) is 9.80. The van der Waals surface area contributed by atoms with Crippen molar-refractivity contribution in [1.29, 1.82) is 0 Å². The highest BCUT2D eigenvalue weighted by Gasteiger charge is 2.18. The number of rotatable bonds is 2. The Hall–Kier alpha value is -1.09. The Bertz CT molecular complexity index is 383. The van der Waals surface area contributed by atoms with Crippen molar-refractivity contribution in [3.63, 3.8) is 0 Å². The number of carboxylic acid groups (broad SMARTS) is 1. The molecule has 0 aromatic carbocycles. The Balaban J connectivity index is 3.13. The molecule has 0 aliphatic rings. The highest BCUT2D eigenvalue weighted by Crippen LogP contribution is 2.23. The maximum absolute atomic E-state index is 10.9. The van der Waals surface area contributed by atoms with E-state index in [4.69, 9.17) is 16.7 Å². The number of carbonyl (C=O) groups is 1. The first kappa shape index (κ1) is 12.0. The summed E-state index contributed by atoms with van der Waals surface area (Å²) in [5, 5.41) is 9.30. The van der Waals surface area contributed by atoms with Crippen molar-refractivity contribution in [1.82, 2.24) is 4.98 Å². The van der Waals surface area contributed by atoms with Crippen LogP contribution in [0.5, 0.6) is 0 Å². The van der Waals surface area contributed by atoms with Gasteiger partial charge in [0.15, 0.2) is 0 Å². The van der Waals surface area contributed by atoms with Crippen LogP contribution < -0.4 is 0 Å². The minimum absolute atomic E-state index is 0.0120. The largest absolute Gasteiger partial charge is 0.478 e. The van der Waals surface area contributed by atoms with Crippen molar-refractivity contribution in [3.05, 3.63) is 28.5 Å². The van der Waals surface area contributed by atoms with Crippen LogP contribution in [0.3, 0.4) is 0 Å². The van der Waals surface area contributed by atoms with Crippen LogP contribution in [0.25, 0.3) is 0 Å². The zero-order chi connectivity index (χ0) is 11.6. The second kappa shape index (κ2) is 4.19. The molecule has 0 spiro atoms. The van der Waals surface area contributed by atoms with Crippen molar-refractivity contribution < 1.29 is 9.90 Å². The van der Waals surface area contributed by atoms with E-state index in [2.05, 4.69) is 4.98 Å². The quantitative estimate of drug-likeness (QED) is 0.791. The van der Waals surface area contributed by atoms with Gasteiger partial charge in [-0.1, -0.05) is 32.4 Å². The molecular weight excluding hydrogens is 214 g/mol. The summed E-state index contributed by atoms with van der Waals surface area (Å²) in [6.07, 6.45) is 0.592. The average molecular weight is 228 g/mol. The topological polar surface area (TPSA) is 50.2 Å². The minimum atomic E-state index is -0.960. The summed E-state index contributed by atoms with van der Waals surface area (Å²) in [6.45, 7) is 6.09. The number of hydrogen-bond acceptors (Lipinski definition) is 2. The predicted octanol–water partition coefficient (Wildman–Crippen LogP) is 3.02. The number of nitrogens with zero attached hydrogens (tertiary/aromatic N) is 1. The summed E-state index contributed by atoms with van der Waals surface area (Å²) in [5.74, 6) is -0.960. The van der Waals surface area contributed by atoms with Gasteiger partial charge in [-0.05, 0) is 24.0 Å². The summed E-state index contributed by atoms with van der Waals surface area (Å²) < 4.78 is 0. The normalized spacial score (nSPS) is 11.5. The monoisotopic (exact) mass is 227 g/mol. The number of carboxylic acids is 1. The van der Waals surface area contributed by atoms with Gasteiger partial charge >= 0.3 is 5.97 Å². The Morgan fingerprint density at radius 2 is 2.07 bits per heavy atom. The molecule has 0 bridgehead atoms. The van der Waals surface area contributed by atoms with Crippen LogP contribution in [0.1, 0.15) is 36.8 Å². The highest BCUT2D eigenvalue weighted by atomic mass is 35.5. The van der Waals surface area contributed by atoms with Crippen molar-refractivity contribution in [2.45, 2.75) is 27.2 Å². The average Bonchev–Trinajstić information content (AvgIpc) is 1.99. The van der Waals surface area contributed by atoms with Crippen LogP contribution in [0.4, 0.5) is 0 Å². The fraction of sp³-hybridized carbons (Fsp3) is 0.455. The van der Waals surface area contributed by atoms with E-state index in [0.717, 1.165) is 0 Å². The van der Waals surface area contributed by atoms with Crippen molar-refractivity contribution in [3.8, 4) is 0 Å². The summed E-state index contributed by atoms with van der Waals surface area (Å²) in [7, 11) is 0. The molecule has 1 aromatic heterocycles. The third-order valence-electron chi connectivity index (χ3n) is 1.87. The summed E-state index contributed by atoms with van der Waals surface area (Å²) in [6, 6.07) is 3.00. The molecule has 0 saturated carbocycles. The van der Waals surface area contributed by atoms with Gasteiger partial charge in [-0.3, -0.25) is 0 Å². The van der Waals surface area contributed by atoms with E-state index in [1.54, 1.807) is 0 Å². The standard InChI is InChI=1S/C11H14ClNO2/c1-11(2,3)6-8-7(10(14)15)4-5-9(12)13-8/h4-5H,6H2,1-3H3,(H,14,15). The predicted molar refractivity (Wildman–Crippen MR) is 59.4 cm³/mol. The summed E-state index contributed by atoms with van der Waals surface area (Å²) >= 11 is 5.75. The summed E-state index contributed by atoms with van der Waals surface area (Å²) in [5.41, 5.74) is 0.763. The molecule has 0 unspecified atom stereocenters. The second-order valence-electron chi connectivity index (χ2n) is 4.67. The minimum Gasteiger partial charge on any atom is -0.478 e. The smallest absolute Gasteiger partial charge is 0.337 e. The molecule has 3 nitrogen and oxygen atoms in total. The maximum atomic E-state index is 10.9. The molecule has 0 saturated heterocycles. The third kappa shape index (κ3) is 3.51. The lowest BCUT2D eigenvalue weighted by Crippen LogP contribution is -2.14. The number of aromatic nitrogens is 1. The van der Waals surface area contributed by atoms with Gasteiger partial charge < -0.3 is 5.11 Å². The number of pyridine rings is 1. The lowest BCUT2D eigenvalue weighted by atomic mass is 9.89. The van der Waals surface area contributed by atoms with Crippen LogP contribution in [-0.4, -0.2) is 16.1 Å². The van der Waals surface area contributed by atoms with E-state index in [-0.39, 0.29) is 11.0 Å². The van der Waals surface area contributed by atoms with Gasteiger partial charge in [0.05, 0.1) is 11.3 Å². The number of aromatic carboxylic acids is 1. The second-order valence-corrected chi connectivity index (χ2v) is 5.06. The third-order valence-corrected chi connectivity index (χ3v) is 2.08. The molecular formula is C11H14ClNO2. The van der Waals surface area contributed by atoms with Crippen molar-refractivity contribution in [2.75, 3.05) is 0 Å². The van der Waals surface area contributed by atoms with Crippen LogP contribution >= 0.6 is 11.6 Å². The van der Waals surface area contributed by atoms with Gasteiger partial charge in [0.25, 0.3) is 0 Å². The molecule has 4 heteroatoms. The zero-order valence-electron chi connectivity index (χ0n) is 9.04. The molecule has 15 heavy (non-hydrogen) atoms. The fourth-order valence-electron chi connectivity index (χ4n) is 1.31. The lowest BCUT2D eigenvalue weighted by Gasteiger charge is -2.18. The number of halogens is 1. The maximum Gasteiger partial charge on any atom is 0.337 e. The van der Waals surface area contributed by atoms with Crippen LogP contribution in [0, 0.1) is 5.41 Å². The molecule has 1 aromatic rings. The summed E-state index contributed by atoms with van der Waals surface area (Å²) in [4.78, 5) is 15.0. The molecule has 82 valence electrons. The van der Waals surface area contributed by atoms with E-state index in [1.807, 2.05) is 20.8 Å². The van der Waals surface area contributed by atoms with E-state index in [9.17, 15) is 4.79 Å². The molecule has 1 N–H and O–H groups in total. The van der Waals surface area contributed by atoms with E-state index < -0.39 is 5.97 Å². The van der Waals surface area contributed by atoms with Gasteiger partial charge in [0.2, 0.25) is 0 Å². The number of hydrogen-bond donors (Lipinski definition) is 1. The SMILES string of the molecule is CC(C)(C)Cc1nc(Cl)ccc1C(=O)O. The Kier molecular flexibility index (Phi) is 3.35.